The number of rotatable bonds is 3. The lowest BCUT2D eigenvalue weighted by Crippen LogP contribution is -2.44. The summed E-state index contributed by atoms with van der Waals surface area (Å²) in [4.78, 5) is 20.8. The van der Waals surface area contributed by atoms with Crippen molar-refractivity contribution in [2.45, 2.75) is 18.9 Å². The third kappa shape index (κ3) is 3.23. The van der Waals surface area contributed by atoms with Crippen molar-refractivity contribution < 1.29 is 4.79 Å². The van der Waals surface area contributed by atoms with E-state index in [0.29, 0.717) is 11.7 Å². The Balaban J connectivity index is 2.01. The Kier molecular flexibility index (Phi) is 4.37. The maximum absolute atomic E-state index is 12.4. The molecule has 0 atom stereocenters. The van der Waals surface area contributed by atoms with Gasteiger partial charge in [-0.05, 0) is 39.1 Å². The number of likely N-dealkylation sites (tertiary alicyclic amines) is 1. The summed E-state index contributed by atoms with van der Waals surface area (Å²) in [6.45, 7) is 1.63. The molecule has 1 aliphatic heterocycles. The van der Waals surface area contributed by atoms with Crippen LogP contribution in [0.5, 0.6) is 0 Å². The number of amides is 1. The van der Waals surface area contributed by atoms with E-state index in [9.17, 15) is 4.79 Å². The molecule has 5 nitrogen and oxygen atoms in total. The van der Waals surface area contributed by atoms with Crippen LogP contribution in [0.1, 0.15) is 23.3 Å². The SMILES string of the molecule is CNc1cccc(C(=O)N2CCC(N(C)C)CC2)n1. The zero-order valence-corrected chi connectivity index (χ0v) is 11.9. The summed E-state index contributed by atoms with van der Waals surface area (Å²) in [5.41, 5.74) is 0.523. The second-order valence-electron chi connectivity index (χ2n) is 5.15. The first-order valence-electron chi connectivity index (χ1n) is 6.72. The predicted molar refractivity (Wildman–Crippen MR) is 76.4 cm³/mol. The second-order valence-corrected chi connectivity index (χ2v) is 5.15. The number of piperidine rings is 1. The summed E-state index contributed by atoms with van der Waals surface area (Å²) in [6, 6.07) is 6.08. The number of hydrogen-bond donors (Lipinski definition) is 1. The molecule has 2 rings (SSSR count). The van der Waals surface area contributed by atoms with Gasteiger partial charge in [0, 0.05) is 26.2 Å². The van der Waals surface area contributed by atoms with Crippen molar-refractivity contribution in [2.24, 2.45) is 0 Å². The molecule has 2 heterocycles. The maximum atomic E-state index is 12.4. The molecule has 1 amide bonds. The number of pyridine rings is 1. The molecule has 0 unspecified atom stereocenters. The average molecular weight is 262 g/mol. The van der Waals surface area contributed by atoms with Gasteiger partial charge in [0.2, 0.25) is 0 Å². The number of carbonyl (C=O) groups is 1. The summed E-state index contributed by atoms with van der Waals surface area (Å²) >= 11 is 0. The molecule has 19 heavy (non-hydrogen) atoms. The predicted octanol–water partition coefficient (Wildman–Crippen LogP) is 1.29. The Hall–Kier alpha value is -1.62. The minimum atomic E-state index is 0.0364. The fourth-order valence-electron chi connectivity index (χ4n) is 2.44. The highest BCUT2D eigenvalue weighted by Gasteiger charge is 2.25. The van der Waals surface area contributed by atoms with Crippen molar-refractivity contribution >= 4 is 11.7 Å². The minimum absolute atomic E-state index is 0.0364. The highest BCUT2D eigenvalue weighted by Crippen LogP contribution is 2.16. The van der Waals surface area contributed by atoms with Gasteiger partial charge in [-0.1, -0.05) is 6.07 Å². The van der Waals surface area contributed by atoms with E-state index in [1.165, 1.54) is 0 Å². The van der Waals surface area contributed by atoms with Crippen LogP contribution in [-0.4, -0.2) is 61.0 Å². The van der Waals surface area contributed by atoms with Crippen LogP contribution in [0.4, 0.5) is 5.82 Å². The van der Waals surface area contributed by atoms with Gasteiger partial charge in [-0.3, -0.25) is 4.79 Å². The van der Waals surface area contributed by atoms with Gasteiger partial charge in [-0.15, -0.1) is 0 Å². The smallest absolute Gasteiger partial charge is 0.272 e. The first-order valence-corrected chi connectivity index (χ1v) is 6.72. The summed E-state index contributed by atoms with van der Waals surface area (Å²) in [5, 5.41) is 2.96. The van der Waals surface area contributed by atoms with Crippen molar-refractivity contribution in [2.75, 3.05) is 39.5 Å². The second kappa shape index (κ2) is 6.02. The quantitative estimate of drug-likeness (QED) is 0.891. The lowest BCUT2D eigenvalue weighted by Gasteiger charge is -2.35. The van der Waals surface area contributed by atoms with E-state index in [1.54, 1.807) is 13.1 Å². The van der Waals surface area contributed by atoms with Gasteiger partial charge in [0.25, 0.3) is 5.91 Å². The zero-order valence-electron chi connectivity index (χ0n) is 11.9. The molecule has 1 aliphatic rings. The minimum Gasteiger partial charge on any atom is -0.373 e. The molecular weight excluding hydrogens is 240 g/mol. The summed E-state index contributed by atoms with van der Waals surface area (Å²) < 4.78 is 0. The Morgan fingerprint density at radius 1 is 1.37 bits per heavy atom. The van der Waals surface area contributed by atoms with E-state index in [2.05, 4.69) is 29.3 Å². The number of carbonyl (C=O) groups excluding carboxylic acids is 1. The Morgan fingerprint density at radius 3 is 2.63 bits per heavy atom. The van der Waals surface area contributed by atoms with Gasteiger partial charge in [0.15, 0.2) is 0 Å². The summed E-state index contributed by atoms with van der Waals surface area (Å²) in [6.07, 6.45) is 2.06. The molecule has 1 aromatic heterocycles. The van der Waals surface area contributed by atoms with E-state index in [0.717, 1.165) is 31.7 Å². The lowest BCUT2D eigenvalue weighted by molar-refractivity contribution is 0.0657. The van der Waals surface area contributed by atoms with E-state index in [1.807, 2.05) is 17.0 Å². The van der Waals surface area contributed by atoms with Gasteiger partial charge in [-0.25, -0.2) is 4.98 Å². The third-order valence-corrected chi connectivity index (χ3v) is 3.71. The topological polar surface area (TPSA) is 48.5 Å². The Labute approximate surface area is 114 Å². The van der Waals surface area contributed by atoms with E-state index in [-0.39, 0.29) is 5.91 Å². The molecule has 1 N–H and O–H groups in total. The van der Waals surface area contributed by atoms with Crippen molar-refractivity contribution in [3.05, 3.63) is 23.9 Å². The normalized spacial score (nSPS) is 16.7. The molecular formula is C14H22N4O. The van der Waals surface area contributed by atoms with E-state index < -0.39 is 0 Å². The number of nitrogens with zero attached hydrogens (tertiary/aromatic N) is 3. The molecule has 0 saturated carbocycles. The molecule has 1 aromatic rings. The fourth-order valence-corrected chi connectivity index (χ4v) is 2.44. The standard InChI is InChI=1S/C14H22N4O/c1-15-13-6-4-5-12(16-13)14(19)18-9-7-11(8-10-18)17(2)3/h4-6,11H,7-10H2,1-3H3,(H,15,16). The molecule has 0 bridgehead atoms. The first kappa shape index (κ1) is 13.8. The zero-order chi connectivity index (χ0) is 13.8. The van der Waals surface area contributed by atoms with Crippen LogP contribution in [-0.2, 0) is 0 Å². The third-order valence-electron chi connectivity index (χ3n) is 3.71. The number of nitrogens with one attached hydrogen (secondary N) is 1. The number of hydrogen-bond acceptors (Lipinski definition) is 4. The maximum Gasteiger partial charge on any atom is 0.272 e. The van der Waals surface area contributed by atoms with Gasteiger partial charge in [0.1, 0.15) is 11.5 Å². The average Bonchev–Trinajstić information content (AvgIpc) is 2.46. The van der Waals surface area contributed by atoms with Crippen LogP contribution in [0.2, 0.25) is 0 Å². The van der Waals surface area contributed by atoms with Gasteiger partial charge in [0.05, 0.1) is 0 Å². The molecule has 1 saturated heterocycles. The van der Waals surface area contributed by atoms with Crippen molar-refractivity contribution in [1.82, 2.24) is 14.8 Å². The number of aromatic nitrogens is 1. The molecule has 0 spiro atoms. The largest absolute Gasteiger partial charge is 0.373 e. The molecule has 0 aromatic carbocycles. The lowest BCUT2D eigenvalue weighted by atomic mass is 10.0. The monoisotopic (exact) mass is 262 g/mol. The van der Waals surface area contributed by atoms with Crippen LogP contribution in [0.15, 0.2) is 18.2 Å². The van der Waals surface area contributed by atoms with Crippen LogP contribution in [0.25, 0.3) is 0 Å². The van der Waals surface area contributed by atoms with Gasteiger partial charge < -0.3 is 15.1 Å². The van der Waals surface area contributed by atoms with E-state index >= 15 is 0 Å². The number of anilines is 1. The molecule has 0 aliphatic carbocycles. The van der Waals surface area contributed by atoms with Crippen molar-refractivity contribution in [3.63, 3.8) is 0 Å². The Bertz CT molecular complexity index is 439. The molecule has 0 radical (unpaired) electrons. The van der Waals surface area contributed by atoms with Gasteiger partial charge >= 0.3 is 0 Å². The van der Waals surface area contributed by atoms with E-state index in [4.69, 9.17) is 0 Å². The molecule has 104 valence electrons. The first-order chi connectivity index (χ1) is 9.11. The van der Waals surface area contributed by atoms with Crippen molar-refractivity contribution in [1.29, 1.82) is 0 Å². The van der Waals surface area contributed by atoms with Crippen LogP contribution >= 0.6 is 0 Å². The molecule has 5 heteroatoms. The highest BCUT2D eigenvalue weighted by molar-refractivity contribution is 5.92. The van der Waals surface area contributed by atoms with Crippen LogP contribution in [0, 0.1) is 0 Å². The van der Waals surface area contributed by atoms with Crippen LogP contribution < -0.4 is 5.32 Å². The summed E-state index contributed by atoms with van der Waals surface area (Å²) in [5.74, 6) is 0.767. The fraction of sp³-hybridized carbons (Fsp3) is 0.571. The summed E-state index contributed by atoms with van der Waals surface area (Å²) in [7, 11) is 6.00. The van der Waals surface area contributed by atoms with Crippen LogP contribution in [0.3, 0.4) is 0 Å². The van der Waals surface area contributed by atoms with Gasteiger partial charge in [-0.2, -0.15) is 0 Å². The Morgan fingerprint density at radius 2 is 2.05 bits per heavy atom. The van der Waals surface area contributed by atoms with Crippen molar-refractivity contribution in [3.8, 4) is 0 Å². The molecule has 1 fully saturated rings. The highest BCUT2D eigenvalue weighted by atomic mass is 16.2.